The largest absolute Gasteiger partial charge is 0.496 e. The molecule has 0 aromatic heterocycles. The van der Waals surface area contributed by atoms with Gasteiger partial charge >= 0.3 is 0 Å². The number of carbonyl (C=O) groups excluding carboxylic acids is 2. The number of nitrogens with one attached hydrogen (secondary N) is 2. The van der Waals surface area contributed by atoms with Crippen molar-refractivity contribution in [2.45, 2.75) is 17.7 Å². The van der Waals surface area contributed by atoms with Gasteiger partial charge < -0.3 is 20.1 Å². The summed E-state index contributed by atoms with van der Waals surface area (Å²) in [6.07, 6.45) is 1.62. The Morgan fingerprint density at radius 1 is 1.00 bits per heavy atom. The summed E-state index contributed by atoms with van der Waals surface area (Å²) in [5.74, 6) is -0.724. The molecule has 1 aliphatic heterocycles. The Morgan fingerprint density at radius 2 is 1.72 bits per heavy atom. The molecule has 172 valence electrons. The third kappa shape index (κ3) is 5.26. The van der Waals surface area contributed by atoms with Crippen LogP contribution in [0.1, 0.15) is 33.6 Å². The highest BCUT2D eigenvalue weighted by molar-refractivity contribution is 7.89. The Bertz CT molecular complexity index is 1080. The van der Waals surface area contributed by atoms with Crippen LogP contribution in [0, 0.1) is 0 Å². The zero-order chi connectivity index (χ0) is 23.1. The van der Waals surface area contributed by atoms with Gasteiger partial charge in [0.05, 0.1) is 35.4 Å². The van der Waals surface area contributed by atoms with Gasteiger partial charge in [0.25, 0.3) is 11.8 Å². The van der Waals surface area contributed by atoms with E-state index in [0.29, 0.717) is 31.9 Å². The van der Waals surface area contributed by atoms with Gasteiger partial charge in [-0.05, 0) is 43.2 Å². The summed E-state index contributed by atoms with van der Waals surface area (Å²) in [6, 6.07) is 10.8. The van der Waals surface area contributed by atoms with Crippen molar-refractivity contribution in [3.63, 3.8) is 0 Å². The van der Waals surface area contributed by atoms with Crippen LogP contribution in [0.15, 0.2) is 47.4 Å². The van der Waals surface area contributed by atoms with Crippen molar-refractivity contribution in [3.8, 4) is 5.75 Å². The lowest BCUT2D eigenvalue weighted by atomic mass is 10.1. The number of ether oxygens (including phenoxy) is 2. The number of hydrogen-bond acceptors (Lipinski definition) is 6. The smallest absolute Gasteiger partial charge is 0.259 e. The lowest BCUT2D eigenvalue weighted by Crippen LogP contribution is -2.29. The lowest BCUT2D eigenvalue weighted by Gasteiger charge is -2.17. The Hall–Kier alpha value is -2.95. The molecule has 0 bridgehead atoms. The first-order valence-corrected chi connectivity index (χ1v) is 11.7. The number of benzene rings is 2. The summed E-state index contributed by atoms with van der Waals surface area (Å²) in [5, 5.41) is 5.41. The number of sulfonamides is 1. The van der Waals surface area contributed by atoms with Crippen LogP contribution < -0.4 is 15.4 Å². The number of carbonyl (C=O) groups is 2. The molecular weight excluding hydrogens is 434 g/mol. The maximum Gasteiger partial charge on any atom is 0.259 e. The van der Waals surface area contributed by atoms with E-state index in [1.807, 2.05) is 0 Å². The molecular formula is C22H27N3O6S. The molecule has 0 atom stereocenters. The van der Waals surface area contributed by atoms with Gasteiger partial charge in [0.15, 0.2) is 0 Å². The molecule has 1 saturated heterocycles. The summed E-state index contributed by atoms with van der Waals surface area (Å²) in [5.41, 5.74) is 0.626. The van der Waals surface area contributed by atoms with Gasteiger partial charge in [-0.3, -0.25) is 9.59 Å². The fourth-order valence-corrected chi connectivity index (χ4v) is 4.99. The van der Waals surface area contributed by atoms with Crippen LogP contribution in [0.2, 0.25) is 0 Å². The number of amides is 2. The first-order chi connectivity index (χ1) is 15.4. The summed E-state index contributed by atoms with van der Waals surface area (Å²) < 4.78 is 37.5. The second kappa shape index (κ2) is 10.6. The van der Waals surface area contributed by atoms with Crippen molar-refractivity contribution in [1.29, 1.82) is 0 Å². The number of anilines is 1. The zero-order valence-electron chi connectivity index (χ0n) is 18.1. The minimum atomic E-state index is -3.71. The standard InChI is InChI=1S/C22H27N3O6S/c1-30-14-11-23-21(26)17-7-3-4-8-19(17)24-22(27)18-15-16(9-10-20(18)31-2)32(28,29)25-12-5-6-13-25/h3-4,7-10,15H,5-6,11-14H2,1-2H3,(H,23,26)(H,24,27). The zero-order valence-corrected chi connectivity index (χ0v) is 18.9. The van der Waals surface area contributed by atoms with E-state index in [0.717, 1.165) is 12.8 Å². The number of rotatable bonds is 9. The van der Waals surface area contributed by atoms with E-state index in [1.54, 1.807) is 24.3 Å². The van der Waals surface area contributed by atoms with Gasteiger partial charge in [-0.25, -0.2) is 8.42 Å². The lowest BCUT2D eigenvalue weighted by molar-refractivity contribution is 0.0938. The Labute approximate surface area is 187 Å². The molecule has 0 aliphatic carbocycles. The van der Waals surface area contributed by atoms with Crippen LogP contribution >= 0.6 is 0 Å². The van der Waals surface area contributed by atoms with E-state index in [9.17, 15) is 18.0 Å². The summed E-state index contributed by atoms with van der Waals surface area (Å²) in [7, 11) is -0.771. The molecule has 10 heteroatoms. The maximum atomic E-state index is 13.1. The fourth-order valence-electron chi connectivity index (χ4n) is 3.44. The number of para-hydroxylation sites is 1. The second-order valence-electron chi connectivity index (χ2n) is 7.22. The topological polar surface area (TPSA) is 114 Å². The first-order valence-electron chi connectivity index (χ1n) is 10.2. The number of nitrogens with zero attached hydrogens (tertiary/aromatic N) is 1. The van der Waals surface area contributed by atoms with Crippen LogP contribution in [0.25, 0.3) is 0 Å². The maximum absolute atomic E-state index is 13.1. The van der Waals surface area contributed by atoms with Crippen LogP contribution in [0.4, 0.5) is 5.69 Å². The van der Waals surface area contributed by atoms with E-state index in [4.69, 9.17) is 9.47 Å². The highest BCUT2D eigenvalue weighted by Gasteiger charge is 2.29. The second-order valence-corrected chi connectivity index (χ2v) is 9.16. The molecule has 0 radical (unpaired) electrons. The van der Waals surface area contributed by atoms with Gasteiger partial charge in [-0.2, -0.15) is 4.31 Å². The van der Waals surface area contributed by atoms with Crippen molar-refractivity contribution >= 4 is 27.5 Å². The number of methoxy groups -OCH3 is 2. The molecule has 1 heterocycles. The molecule has 2 aromatic rings. The molecule has 2 aromatic carbocycles. The monoisotopic (exact) mass is 461 g/mol. The van der Waals surface area contributed by atoms with E-state index in [1.165, 1.54) is 36.7 Å². The predicted octanol–water partition coefficient (Wildman–Crippen LogP) is 2.11. The molecule has 0 saturated carbocycles. The van der Waals surface area contributed by atoms with E-state index in [-0.39, 0.29) is 27.7 Å². The molecule has 32 heavy (non-hydrogen) atoms. The summed E-state index contributed by atoms with van der Waals surface area (Å²) >= 11 is 0. The van der Waals surface area contributed by atoms with Crippen molar-refractivity contribution in [2.24, 2.45) is 0 Å². The van der Waals surface area contributed by atoms with Gasteiger partial charge in [0, 0.05) is 26.7 Å². The van der Waals surface area contributed by atoms with Gasteiger partial charge in [0.1, 0.15) is 5.75 Å². The molecule has 0 unspecified atom stereocenters. The number of hydrogen-bond donors (Lipinski definition) is 2. The van der Waals surface area contributed by atoms with Crippen LogP contribution in [-0.2, 0) is 14.8 Å². The van der Waals surface area contributed by atoms with Crippen molar-refractivity contribution in [1.82, 2.24) is 9.62 Å². The van der Waals surface area contributed by atoms with Crippen LogP contribution in [0.3, 0.4) is 0 Å². The minimum Gasteiger partial charge on any atom is -0.496 e. The Balaban J connectivity index is 1.87. The Kier molecular flexibility index (Phi) is 7.84. The molecule has 2 amide bonds. The van der Waals surface area contributed by atoms with E-state index < -0.39 is 15.9 Å². The molecule has 0 spiro atoms. The van der Waals surface area contributed by atoms with Gasteiger partial charge in [-0.15, -0.1) is 0 Å². The molecule has 1 aliphatic rings. The normalized spacial score (nSPS) is 14.2. The van der Waals surface area contributed by atoms with E-state index >= 15 is 0 Å². The Morgan fingerprint density at radius 3 is 2.41 bits per heavy atom. The van der Waals surface area contributed by atoms with Gasteiger partial charge in [-0.1, -0.05) is 12.1 Å². The SMILES string of the molecule is COCCNC(=O)c1ccccc1NC(=O)c1cc(S(=O)(=O)N2CCCC2)ccc1OC. The van der Waals surface area contributed by atoms with Crippen molar-refractivity contribution in [2.75, 3.05) is 45.8 Å². The highest BCUT2D eigenvalue weighted by atomic mass is 32.2. The molecule has 1 fully saturated rings. The van der Waals surface area contributed by atoms with Crippen LogP contribution in [0.5, 0.6) is 5.75 Å². The van der Waals surface area contributed by atoms with Crippen molar-refractivity contribution in [3.05, 3.63) is 53.6 Å². The quantitative estimate of drug-likeness (QED) is 0.553. The fraction of sp³-hybridized carbons (Fsp3) is 0.364. The minimum absolute atomic E-state index is 0.0240. The predicted molar refractivity (Wildman–Crippen MR) is 120 cm³/mol. The third-order valence-electron chi connectivity index (χ3n) is 5.13. The molecule has 9 nitrogen and oxygen atoms in total. The third-order valence-corrected chi connectivity index (χ3v) is 7.02. The average molecular weight is 462 g/mol. The van der Waals surface area contributed by atoms with E-state index in [2.05, 4.69) is 10.6 Å². The van der Waals surface area contributed by atoms with Gasteiger partial charge in [0.2, 0.25) is 10.0 Å². The summed E-state index contributed by atoms with van der Waals surface area (Å²) in [4.78, 5) is 25.6. The van der Waals surface area contributed by atoms with Crippen LogP contribution in [-0.4, -0.2) is 65.0 Å². The molecule has 2 N–H and O–H groups in total. The highest BCUT2D eigenvalue weighted by Crippen LogP contribution is 2.27. The van der Waals surface area contributed by atoms with Crippen molar-refractivity contribution < 1.29 is 27.5 Å². The molecule has 3 rings (SSSR count). The summed E-state index contributed by atoms with van der Waals surface area (Å²) in [6.45, 7) is 1.60. The first kappa shape index (κ1) is 23.7. The average Bonchev–Trinajstić information content (AvgIpc) is 3.35.